The quantitative estimate of drug-likeness (QED) is 0.333. The van der Waals surface area contributed by atoms with E-state index in [0.29, 0.717) is 61.4 Å². The van der Waals surface area contributed by atoms with E-state index in [1.807, 2.05) is 86.3 Å². The Hall–Kier alpha value is -4.09. The molecule has 0 aliphatic carbocycles. The molecule has 2 fully saturated rings. The summed E-state index contributed by atoms with van der Waals surface area (Å²) in [5, 5.41) is 11.5. The number of hydrogen-bond acceptors (Lipinski definition) is 8. The van der Waals surface area contributed by atoms with E-state index in [1.54, 1.807) is 4.90 Å². The topological polar surface area (TPSA) is 118 Å². The number of carbonyl (C=O) groups excluding carboxylic acids is 2. The predicted molar refractivity (Wildman–Crippen MR) is 173 cm³/mol. The summed E-state index contributed by atoms with van der Waals surface area (Å²) in [6.07, 6.45) is 2.33. The second-order valence-electron chi connectivity index (χ2n) is 13.1. The van der Waals surface area contributed by atoms with Crippen molar-refractivity contribution in [2.24, 2.45) is 5.92 Å². The first-order chi connectivity index (χ1) is 21.5. The van der Waals surface area contributed by atoms with Gasteiger partial charge in [0, 0.05) is 43.6 Å². The van der Waals surface area contributed by atoms with Crippen LogP contribution in [0.25, 0.3) is 21.5 Å². The summed E-state index contributed by atoms with van der Waals surface area (Å²) in [6.45, 7) is 7.23. The minimum absolute atomic E-state index is 0.0353. The number of ether oxygens (including phenoxy) is 1. The summed E-state index contributed by atoms with van der Waals surface area (Å²) in [5.41, 5.74) is 1.17. The molecule has 2 aliphatic heterocycles. The lowest BCUT2D eigenvalue weighted by Crippen LogP contribution is -2.53. The number of nitrogens with zero attached hydrogens (tertiary/aromatic N) is 5. The average Bonchev–Trinajstić information content (AvgIpc) is 3.47. The third-order valence-corrected chi connectivity index (χ3v) is 9.60. The van der Waals surface area contributed by atoms with Gasteiger partial charge in [0.1, 0.15) is 21.5 Å². The van der Waals surface area contributed by atoms with Crippen LogP contribution in [0.3, 0.4) is 0 Å². The smallest absolute Gasteiger partial charge is 0.410 e. The molecule has 0 bridgehead atoms. The van der Waals surface area contributed by atoms with Crippen molar-refractivity contribution in [1.82, 2.24) is 23.7 Å². The zero-order chi connectivity index (χ0) is 31.8. The van der Waals surface area contributed by atoms with Crippen molar-refractivity contribution in [1.29, 1.82) is 0 Å². The Morgan fingerprint density at radius 1 is 1.00 bits per heavy atom. The number of hydrogen-bond donors (Lipinski definition) is 1. The Morgan fingerprint density at radius 2 is 1.67 bits per heavy atom. The van der Waals surface area contributed by atoms with Crippen molar-refractivity contribution in [2.75, 3.05) is 26.2 Å². The number of fused-ring (bicyclic) bond motifs is 1. The van der Waals surface area contributed by atoms with Crippen LogP contribution in [0.2, 0.25) is 0 Å². The summed E-state index contributed by atoms with van der Waals surface area (Å²) in [5.74, 6) is -0.429. The minimum Gasteiger partial charge on any atom is -0.444 e. The highest BCUT2D eigenvalue weighted by Gasteiger charge is 2.42. The molecule has 0 spiro atoms. The molecule has 236 valence electrons. The fraction of sp³-hybridized carbons (Fsp3) is 0.441. The SMILES string of the molecule is CC(C)(C)OC(=O)N1CC[C@@H](C(=O)N2CCC(O)(Cn3cnc4c(-c5ccccc5)nsc4c3=O)CC2)[C@H](c2ccccc2)C1. The van der Waals surface area contributed by atoms with Gasteiger partial charge in [-0.25, -0.2) is 9.78 Å². The van der Waals surface area contributed by atoms with Gasteiger partial charge in [-0.05, 0) is 57.1 Å². The second kappa shape index (κ2) is 12.4. The first-order valence-corrected chi connectivity index (χ1v) is 16.2. The molecule has 0 unspecified atom stereocenters. The number of benzene rings is 2. The Bertz CT molecular complexity index is 1720. The van der Waals surface area contributed by atoms with Gasteiger partial charge in [-0.2, -0.15) is 4.37 Å². The van der Waals surface area contributed by atoms with Crippen LogP contribution in [-0.4, -0.2) is 78.2 Å². The molecule has 0 radical (unpaired) electrons. The van der Waals surface area contributed by atoms with Crippen LogP contribution in [0.5, 0.6) is 0 Å². The Kier molecular flexibility index (Phi) is 8.49. The number of aromatic nitrogens is 3. The van der Waals surface area contributed by atoms with E-state index in [9.17, 15) is 19.5 Å². The Labute approximate surface area is 266 Å². The van der Waals surface area contributed by atoms with Gasteiger partial charge >= 0.3 is 6.09 Å². The average molecular weight is 630 g/mol. The van der Waals surface area contributed by atoms with Gasteiger partial charge in [-0.3, -0.25) is 14.2 Å². The number of aliphatic hydroxyl groups is 1. The predicted octanol–water partition coefficient (Wildman–Crippen LogP) is 4.91. The second-order valence-corrected chi connectivity index (χ2v) is 13.9. The molecule has 6 rings (SSSR count). The molecule has 2 amide bonds. The van der Waals surface area contributed by atoms with Gasteiger partial charge in [-0.1, -0.05) is 60.7 Å². The maximum atomic E-state index is 14.0. The third-order valence-electron chi connectivity index (χ3n) is 8.78. The highest BCUT2D eigenvalue weighted by atomic mass is 32.1. The highest BCUT2D eigenvalue weighted by Crippen LogP contribution is 2.36. The summed E-state index contributed by atoms with van der Waals surface area (Å²) >= 11 is 1.12. The molecule has 2 aromatic heterocycles. The molecular formula is C34H39N5O5S. The molecule has 2 atom stereocenters. The molecule has 0 saturated carbocycles. The van der Waals surface area contributed by atoms with E-state index in [-0.39, 0.29) is 35.9 Å². The molecule has 1 N–H and O–H groups in total. The summed E-state index contributed by atoms with van der Waals surface area (Å²) < 4.78 is 12.0. The lowest BCUT2D eigenvalue weighted by molar-refractivity contribution is -0.142. The van der Waals surface area contributed by atoms with Crippen molar-refractivity contribution in [3.63, 3.8) is 0 Å². The number of piperidine rings is 2. The zero-order valence-electron chi connectivity index (χ0n) is 25.9. The van der Waals surface area contributed by atoms with E-state index in [1.165, 1.54) is 10.9 Å². The van der Waals surface area contributed by atoms with Crippen molar-refractivity contribution >= 4 is 33.7 Å². The minimum atomic E-state index is -1.15. The summed E-state index contributed by atoms with van der Waals surface area (Å²) in [4.78, 5) is 48.3. The van der Waals surface area contributed by atoms with Gasteiger partial charge in [0.15, 0.2) is 0 Å². The van der Waals surface area contributed by atoms with Crippen molar-refractivity contribution in [3.8, 4) is 11.3 Å². The number of amides is 2. The van der Waals surface area contributed by atoms with Gasteiger partial charge in [0.25, 0.3) is 5.56 Å². The van der Waals surface area contributed by atoms with E-state index >= 15 is 0 Å². The molecule has 4 heterocycles. The molecule has 10 nitrogen and oxygen atoms in total. The van der Waals surface area contributed by atoms with Crippen LogP contribution in [0.4, 0.5) is 4.79 Å². The molecular weight excluding hydrogens is 590 g/mol. The molecule has 2 aromatic carbocycles. The number of rotatable bonds is 5. The van der Waals surface area contributed by atoms with Crippen molar-refractivity contribution in [3.05, 3.63) is 82.9 Å². The van der Waals surface area contributed by atoms with Crippen LogP contribution < -0.4 is 5.56 Å². The monoisotopic (exact) mass is 629 g/mol. The standard InChI is InChI=1S/C34H39N5O5S/c1-33(2,3)44-32(42)38-17-14-25(26(20-38)23-10-6-4-7-11-23)30(40)37-18-15-34(43,16-19-37)21-39-22-35-28-27(24-12-8-5-9-13-24)36-45-29(28)31(39)41/h4-13,22,25-26,43H,14-21H2,1-3H3/t25-,26+/m1/s1. The Balaban J connectivity index is 1.13. The summed E-state index contributed by atoms with van der Waals surface area (Å²) in [7, 11) is 0. The van der Waals surface area contributed by atoms with Crippen LogP contribution >= 0.6 is 11.5 Å². The molecule has 2 saturated heterocycles. The lowest BCUT2D eigenvalue weighted by atomic mass is 9.79. The number of carbonyl (C=O) groups is 2. The van der Waals surface area contributed by atoms with Crippen LogP contribution in [-0.2, 0) is 16.1 Å². The maximum Gasteiger partial charge on any atom is 0.410 e. The molecule has 2 aliphatic rings. The first-order valence-electron chi connectivity index (χ1n) is 15.5. The van der Waals surface area contributed by atoms with Crippen LogP contribution in [0.1, 0.15) is 51.5 Å². The van der Waals surface area contributed by atoms with Crippen molar-refractivity contribution < 1.29 is 19.4 Å². The lowest BCUT2D eigenvalue weighted by Gasteiger charge is -2.43. The third kappa shape index (κ3) is 6.64. The molecule has 4 aromatic rings. The van der Waals surface area contributed by atoms with Gasteiger partial charge in [0.05, 0.1) is 18.5 Å². The van der Waals surface area contributed by atoms with E-state index in [0.717, 1.165) is 22.7 Å². The summed E-state index contributed by atoms with van der Waals surface area (Å²) in [6, 6.07) is 19.5. The Morgan fingerprint density at radius 3 is 2.33 bits per heavy atom. The first kappa shape index (κ1) is 30.9. The number of likely N-dealkylation sites (tertiary alicyclic amines) is 2. The fourth-order valence-electron chi connectivity index (χ4n) is 6.38. The van der Waals surface area contributed by atoms with E-state index < -0.39 is 11.2 Å². The highest BCUT2D eigenvalue weighted by molar-refractivity contribution is 7.13. The van der Waals surface area contributed by atoms with Gasteiger partial charge in [0.2, 0.25) is 5.91 Å². The van der Waals surface area contributed by atoms with Crippen LogP contribution in [0, 0.1) is 5.92 Å². The normalized spacial score (nSPS) is 20.3. The zero-order valence-corrected chi connectivity index (χ0v) is 26.7. The fourth-order valence-corrected chi connectivity index (χ4v) is 7.19. The largest absolute Gasteiger partial charge is 0.444 e. The maximum absolute atomic E-state index is 14.0. The molecule has 45 heavy (non-hydrogen) atoms. The van der Waals surface area contributed by atoms with E-state index in [2.05, 4.69) is 9.36 Å². The van der Waals surface area contributed by atoms with E-state index in [4.69, 9.17) is 4.74 Å². The van der Waals surface area contributed by atoms with Crippen molar-refractivity contribution in [2.45, 2.75) is 63.7 Å². The molecule has 11 heteroatoms. The van der Waals surface area contributed by atoms with Gasteiger partial charge < -0.3 is 19.6 Å². The van der Waals surface area contributed by atoms with Gasteiger partial charge in [-0.15, -0.1) is 0 Å². The van der Waals surface area contributed by atoms with Crippen LogP contribution in [0.15, 0.2) is 71.8 Å².